The zero-order valence-electron chi connectivity index (χ0n) is 19.6. The third kappa shape index (κ3) is 6.39. The van der Waals surface area contributed by atoms with Gasteiger partial charge in [0.1, 0.15) is 18.5 Å². The highest BCUT2D eigenvalue weighted by Gasteiger charge is 2.47. The third-order valence-corrected chi connectivity index (χ3v) is 5.13. The van der Waals surface area contributed by atoms with Crippen LogP contribution in [0.3, 0.4) is 0 Å². The Morgan fingerprint density at radius 1 is 0.824 bits per heavy atom. The molecule has 0 radical (unpaired) electrons. The number of esters is 2. The topological polar surface area (TPSA) is 95.7 Å². The van der Waals surface area contributed by atoms with Crippen LogP contribution in [0.25, 0.3) is 11.1 Å². The standard InChI is InChI=1S/C28H29NO5/c1-27(2,3)34-26(32)28(29,25(31)33-19-21-8-5-4-6-9-21)17-20-12-14-23(15-13-20)24-11-7-10-22(16-24)18-30/h4-16,18H,17,19,29H2,1-3H3. The number of carbonyl (C=O) groups excluding carboxylic acids is 3. The molecule has 0 aliphatic heterocycles. The van der Waals surface area contributed by atoms with Crippen LogP contribution in [0.4, 0.5) is 0 Å². The van der Waals surface area contributed by atoms with Crippen LogP contribution in [0, 0.1) is 0 Å². The first-order valence-electron chi connectivity index (χ1n) is 11.0. The van der Waals surface area contributed by atoms with Gasteiger partial charge in [-0.15, -0.1) is 0 Å². The summed E-state index contributed by atoms with van der Waals surface area (Å²) in [4.78, 5) is 37.1. The molecule has 3 rings (SSSR count). The number of hydrogen-bond acceptors (Lipinski definition) is 6. The zero-order valence-corrected chi connectivity index (χ0v) is 19.6. The van der Waals surface area contributed by atoms with Crippen LogP contribution in [0.2, 0.25) is 0 Å². The van der Waals surface area contributed by atoms with Crippen LogP contribution in [0.5, 0.6) is 0 Å². The fraction of sp³-hybridized carbons (Fsp3) is 0.250. The minimum atomic E-state index is -2.01. The molecule has 0 spiro atoms. The van der Waals surface area contributed by atoms with E-state index in [0.29, 0.717) is 11.1 Å². The van der Waals surface area contributed by atoms with Crippen molar-refractivity contribution in [2.24, 2.45) is 5.73 Å². The first-order valence-corrected chi connectivity index (χ1v) is 11.0. The van der Waals surface area contributed by atoms with Gasteiger partial charge in [0.25, 0.3) is 0 Å². The predicted molar refractivity (Wildman–Crippen MR) is 130 cm³/mol. The average Bonchev–Trinajstić information content (AvgIpc) is 2.82. The molecule has 2 N–H and O–H groups in total. The Kier molecular flexibility index (Phi) is 7.64. The molecule has 6 nitrogen and oxygen atoms in total. The number of carbonyl (C=O) groups is 3. The fourth-order valence-electron chi connectivity index (χ4n) is 3.38. The molecule has 1 unspecified atom stereocenters. The van der Waals surface area contributed by atoms with Crippen LogP contribution in [-0.2, 0) is 32.1 Å². The molecular formula is C28H29NO5. The summed E-state index contributed by atoms with van der Waals surface area (Å²) in [5, 5.41) is 0. The van der Waals surface area contributed by atoms with Gasteiger partial charge in [0.15, 0.2) is 0 Å². The van der Waals surface area contributed by atoms with Gasteiger partial charge in [-0.1, -0.05) is 72.8 Å². The molecule has 0 fully saturated rings. The summed E-state index contributed by atoms with van der Waals surface area (Å²) < 4.78 is 10.9. The van der Waals surface area contributed by atoms with Crippen molar-refractivity contribution in [3.63, 3.8) is 0 Å². The first-order chi connectivity index (χ1) is 16.1. The van der Waals surface area contributed by atoms with Gasteiger partial charge in [-0.05, 0) is 49.1 Å². The summed E-state index contributed by atoms with van der Waals surface area (Å²) in [6, 6.07) is 23.7. The molecule has 0 heterocycles. The SMILES string of the molecule is CC(C)(C)OC(=O)C(N)(Cc1ccc(-c2cccc(C=O)c2)cc1)C(=O)OCc1ccccc1. The third-order valence-electron chi connectivity index (χ3n) is 5.13. The lowest BCUT2D eigenvalue weighted by atomic mass is 9.90. The number of ether oxygens (including phenoxy) is 2. The summed E-state index contributed by atoms with van der Waals surface area (Å²) in [7, 11) is 0. The molecule has 0 saturated heterocycles. The minimum Gasteiger partial charge on any atom is -0.459 e. The molecule has 176 valence electrons. The van der Waals surface area contributed by atoms with E-state index in [-0.39, 0.29) is 13.0 Å². The van der Waals surface area contributed by atoms with Gasteiger partial charge in [0.05, 0.1) is 0 Å². The van der Waals surface area contributed by atoms with Gasteiger partial charge in [-0.3, -0.25) is 4.79 Å². The van der Waals surface area contributed by atoms with Gasteiger partial charge in [0, 0.05) is 12.0 Å². The molecule has 0 amide bonds. The van der Waals surface area contributed by atoms with E-state index in [9.17, 15) is 14.4 Å². The monoisotopic (exact) mass is 459 g/mol. The van der Waals surface area contributed by atoms with Crippen molar-refractivity contribution in [2.45, 2.75) is 44.9 Å². The Hall–Kier alpha value is -3.77. The lowest BCUT2D eigenvalue weighted by Crippen LogP contribution is -2.59. The number of benzene rings is 3. The fourth-order valence-corrected chi connectivity index (χ4v) is 3.38. The molecule has 0 saturated carbocycles. The van der Waals surface area contributed by atoms with E-state index in [0.717, 1.165) is 23.0 Å². The second kappa shape index (κ2) is 10.4. The van der Waals surface area contributed by atoms with Crippen molar-refractivity contribution in [1.29, 1.82) is 0 Å². The van der Waals surface area contributed by atoms with Crippen molar-refractivity contribution in [3.8, 4) is 11.1 Å². The van der Waals surface area contributed by atoms with Crippen molar-refractivity contribution in [3.05, 3.63) is 95.6 Å². The van der Waals surface area contributed by atoms with E-state index in [1.54, 1.807) is 45.0 Å². The molecule has 34 heavy (non-hydrogen) atoms. The van der Waals surface area contributed by atoms with Crippen molar-refractivity contribution in [2.75, 3.05) is 0 Å². The molecule has 1 atom stereocenters. The molecule has 0 bridgehead atoms. The Bertz CT molecular complexity index is 1150. The molecular weight excluding hydrogens is 430 g/mol. The van der Waals surface area contributed by atoms with Crippen LogP contribution in [0.1, 0.15) is 42.3 Å². The highest BCUT2D eigenvalue weighted by Crippen LogP contribution is 2.24. The average molecular weight is 460 g/mol. The van der Waals surface area contributed by atoms with E-state index in [4.69, 9.17) is 15.2 Å². The van der Waals surface area contributed by atoms with E-state index in [1.165, 1.54) is 0 Å². The minimum absolute atomic E-state index is 0.00652. The number of rotatable bonds is 8. The molecule has 0 aliphatic rings. The summed E-state index contributed by atoms with van der Waals surface area (Å²) in [6.45, 7) is 5.13. The first kappa shape index (κ1) is 24.9. The van der Waals surface area contributed by atoms with Crippen molar-refractivity contribution < 1.29 is 23.9 Å². The van der Waals surface area contributed by atoms with Crippen LogP contribution in [0.15, 0.2) is 78.9 Å². The summed E-state index contributed by atoms with van der Waals surface area (Å²) in [5.41, 5.74) is 7.34. The number of aldehydes is 1. The van der Waals surface area contributed by atoms with E-state index in [1.807, 2.05) is 54.6 Å². The second-order valence-electron chi connectivity index (χ2n) is 9.15. The van der Waals surface area contributed by atoms with Gasteiger partial charge >= 0.3 is 11.9 Å². The van der Waals surface area contributed by atoms with Gasteiger partial charge < -0.3 is 15.2 Å². The number of hydrogen-bond donors (Lipinski definition) is 1. The van der Waals surface area contributed by atoms with Crippen molar-refractivity contribution >= 4 is 18.2 Å². The van der Waals surface area contributed by atoms with Crippen LogP contribution < -0.4 is 5.73 Å². The maximum Gasteiger partial charge on any atom is 0.338 e. The molecule has 3 aromatic rings. The van der Waals surface area contributed by atoms with Crippen LogP contribution in [-0.4, -0.2) is 29.4 Å². The smallest absolute Gasteiger partial charge is 0.338 e. The van der Waals surface area contributed by atoms with Gasteiger partial charge in [-0.25, -0.2) is 9.59 Å². The molecule has 3 aromatic carbocycles. The highest BCUT2D eigenvalue weighted by atomic mass is 16.6. The molecule has 0 aromatic heterocycles. The van der Waals surface area contributed by atoms with Crippen molar-refractivity contribution in [1.82, 2.24) is 0 Å². The Labute approximate surface area is 199 Å². The highest BCUT2D eigenvalue weighted by molar-refractivity contribution is 6.05. The summed E-state index contributed by atoms with van der Waals surface area (Å²) in [6.07, 6.45) is 0.701. The summed E-state index contributed by atoms with van der Waals surface area (Å²) in [5.74, 6) is -1.70. The van der Waals surface area contributed by atoms with Gasteiger partial charge in [0.2, 0.25) is 5.54 Å². The Morgan fingerprint density at radius 2 is 1.50 bits per heavy atom. The quantitative estimate of drug-likeness (QED) is 0.303. The Balaban J connectivity index is 1.83. The molecule has 6 heteroatoms. The lowest BCUT2D eigenvalue weighted by molar-refractivity contribution is -0.172. The maximum absolute atomic E-state index is 13.0. The van der Waals surface area contributed by atoms with E-state index >= 15 is 0 Å². The zero-order chi connectivity index (χ0) is 24.8. The second-order valence-corrected chi connectivity index (χ2v) is 9.15. The van der Waals surface area contributed by atoms with Crippen LogP contribution >= 0.6 is 0 Å². The predicted octanol–water partition coefficient (Wildman–Crippen LogP) is 4.49. The van der Waals surface area contributed by atoms with Gasteiger partial charge in [-0.2, -0.15) is 0 Å². The van der Waals surface area contributed by atoms with E-state index in [2.05, 4.69) is 0 Å². The lowest BCUT2D eigenvalue weighted by Gasteiger charge is -2.29. The normalized spacial score (nSPS) is 12.9. The maximum atomic E-state index is 13.0. The van der Waals surface area contributed by atoms with E-state index < -0.39 is 23.1 Å². The summed E-state index contributed by atoms with van der Waals surface area (Å²) >= 11 is 0. The Morgan fingerprint density at radius 3 is 2.12 bits per heavy atom. The number of nitrogens with two attached hydrogens (primary N) is 1. The molecule has 0 aliphatic carbocycles. The largest absolute Gasteiger partial charge is 0.459 e.